The number of likely N-dealkylation sites (N-methyl/N-ethyl adjacent to an activating group) is 1. The zero-order valence-electron chi connectivity index (χ0n) is 10.4. The lowest BCUT2D eigenvalue weighted by Gasteiger charge is -2.38. The van der Waals surface area contributed by atoms with Crippen molar-refractivity contribution in [2.45, 2.75) is 38.6 Å². The molecular weight excluding hydrogens is 188 g/mol. The summed E-state index contributed by atoms with van der Waals surface area (Å²) in [5.74, 6) is 0.860. The summed E-state index contributed by atoms with van der Waals surface area (Å²) in [4.78, 5) is 2.49. The van der Waals surface area contributed by atoms with Crippen LogP contribution in [0.1, 0.15) is 33.1 Å². The smallest absolute Gasteiger partial charge is 0.0623 e. The van der Waals surface area contributed by atoms with E-state index in [0.29, 0.717) is 0 Å². The van der Waals surface area contributed by atoms with Crippen molar-refractivity contribution < 1.29 is 5.11 Å². The van der Waals surface area contributed by atoms with E-state index in [9.17, 15) is 5.11 Å². The minimum atomic E-state index is -0.143. The Balaban J connectivity index is 2.43. The van der Waals surface area contributed by atoms with E-state index in [4.69, 9.17) is 0 Å². The first-order valence-corrected chi connectivity index (χ1v) is 6.15. The Morgan fingerprint density at radius 2 is 2.27 bits per heavy atom. The third-order valence-electron chi connectivity index (χ3n) is 3.71. The molecule has 3 nitrogen and oxygen atoms in total. The van der Waals surface area contributed by atoms with Crippen molar-refractivity contribution in [2.75, 3.05) is 33.3 Å². The maximum atomic E-state index is 9.35. The van der Waals surface area contributed by atoms with Gasteiger partial charge in [0, 0.05) is 13.1 Å². The van der Waals surface area contributed by atoms with Crippen LogP contribution in [0.15, 0.2) is 0 Å². The van der Waals surface area contributed by atoms with Crippen LogP contribution in [0, 0.1) is 5.92 Å². The van der Waals surface area contributed by atoms with Gasteiger partial charge in [-0.15, -0.1) is 0 Å². The molecule has 0 aromatic heterocycles. The Morgan fingerprint density at radius 3 is 2.80 bits per heavy atom. The molecule has 1 saturated heterocycles. The molecule has 90 valence electrons. The number of piperidine rings is 1. The molecule has 15 heavy (non-hydrogen) atoms. The molecule has 0 radical (unpaired) electrons. The van der Waals surface area contributed by atoms with Gasteiger partial charge in [0.2, 0.25) is 0 Å². The van der Waals surface area contributed by atoms with Crippen LogP contribution in [-0.4, -0.2) is 48.8 Å². The molecule has 1 heterocycles. The summed E-state index contributed by atoms with van der Waals surface area (Å²) >= 11 is 0. The maximum absolute atomic E-state index is 9.35. The maximum Gasteiger partial charge on any atom is 0.0623 e. The van der Waals surface area contributed by atoms with Gasteiger partial charge in [-0.1, -0.05) is 13.3 Å². The van der Waals surface area contributed by atoms with E-state index in [1.54, 1.807) is 0 Å². The fourth-order valence-electron chi connectivity index (χ4n) is 2.33. The molecule has 2 atom stereocenters. The molecule has 1 rings (SSSR count). The highest BCUT2D eigenvalue weighted by molar-refractivity contribution is 4.86. The molecule has 0 amide bonds. The quantitative estimate of drug-likeness (QED) is 0.719. The molecule has 2 unspecified atom stereocenters. The van der Waals surface area contributed by atoms with E-state index >= 15 is 0 Å². The van der Waals surface area contributed by atoms with Crippen LogP contribution in [0.3, 0.4) is 0 Å². The topological polar surface area (TPSA) is 35.5 Å². The summed E-state index contributed by atoms with van der Waals surface area (Å²) in [5, 5.41) is 12.6. The second-order valence-corrected chi connectivity index (χ2v) is 5.12. The van der Waals surface area contributed by atoms with Gasteiger partial charge in [-0.25, -0.2) is 0 Å². The summed E-state index contributed by atoms with van der Waals surface area (Å²) in [6, 6.07) is 0. The molecule has 0 spiro atoms. The Hall–Kier alpha value is -0.120. The molecule has 0 aromatic rings. The molecule has 2 N–H and O–H groups in total. The normalized spacial score (nSPS) is 27.6. The fourth-order valence-corrected chi connectivity index (χ4v) is 2.33. The molecule has 0 bridgehead atoms. The molecule has 0 aliphatic carbocycles. The summed E-state index contributed by atoms with van der Waals surface area (Å²) in [7, 11) is 1.93. The van der Waals surface area contributed by atoms with Gasteiger partial charge in [0.25, 0.3) is 0 Å². The van der Waals surface area contributed by atoms with Crippen molar-refractivity contribution in [3.63, 3.8) is 0 Å². The molecule has 0 aromatic carbocycles. The summed E-state index contributed by atoms with van der Waals surface area (Å²) in [6.45, 7) is 7.91. The lowest BCUT2D eigenvalue weighted by molar-refractivity contribution is 0.0948. The molecular formula is C12H26N2O. The second-order valence-electron chi connectivity index (χ2n) is 5.12. The molecule has 1 aliphatic heterocycles. The third kappa shape index (κ3) is 3.74. The first-order chi connectivity index (χ1) is 7.13. The predicted molar refractivity (Wildman–Crippen MR) is 64.0 cm³/mol. The zero-order valence-corrected chi connectivity index (χ0v) is 10.4. The Morgan fingerprint density at radius 1 is 1.53 bits per heavy atom. The van der Waals surface area contributed by atoms with Crippen LogP contribution < -0.4 is 5.32 Å². The second kappa shape index (κ2) is 5.83. The molecule has 3 heteroatoms. The summed E-state index contributed by atoms with van der Waals surface area (Å²) in [5.41, 5.74) is -0.143. The van der Waals surface area contributed by atoms with Crippen molar-refractivity contribution in [2.24, 2.45) is 5.92 Å². The monoisotopic (exact) mass is 214 g/mol. The lowest BCUT2D eigenvalue weighted by atomic mass is 9.93. The highest BCUT2D eigenvalue weighted by Gasteiger charge is 2.27. The minimum absolute atomic E-state index is 0.143. The van der Waals surface area contributed by atoms with Crippen LogP contribution in [0.5, 0.6) is 0 Å². The van der Waals surface area contributed by atoms with Crippen molar-refractivity contribution in [1.29, 1.82) is 0 Å². The highest BCUT2D eigenvalue weighted by atomic mass is 16.3. The van der Waals surface area contributed by atoms with Gasteiger partial charge in [-0.05, 0) is 39.3 Å². The van der Waals surface area contributed by atoms with Gasteiger partial charge in [0.05, 0.1) is 12.1 Å². The number of likely N-dealkylation sites (tertiary alicyclic amines) is 1. The van der Waals surface area contributed by atoms with E-state index in [2.05, 4.69) is 24.1 Å². The van der Waals surface area contributed by atoms with Crippen LogP contribution in [0.25, 0.3) is 0 Å². The number of hydrogen-bond acceptors (Lipinski definition) is 3. The Bertz CT molecular complexity index is 180. The third-order valence-corrected chi connectivity index (χ3v) is 3.71. The summed E-state index contributed by atoms with van der Waals surface area (Å²) in [6.07, 6.45) is 3.97. The van der Waals surface area contributed by atoms with Crippen LogP contribution in [0.4, 0.5) is 0 Å². The number of nitrogens with one attached hydrogen (secondary N) is 1. The SMILES string of the molecule is CCC1CCCN(CC(C)(CO)NC)C1. The Labute approximate surface area is 93.9 Å². The van der Waals surface area contributed by atoms with E-state index in [-0.39, 0.29) is 12.1 Å². The van der Waals surface area contributed by atoms with Crippen molar-refractivity contribution in [3.8, 4) is 0 Å². The van der Waals surface area contributed by atoms with E-state index in [0.717, 1.165) is 12.5 Å². The predicted octanol–water partition coefficient (Wildman–Crippen LogP) is 1.08. The Kier molecular flexibility index (Phi) is 5.03. The van der Waals surface area contributed by atoms with Crippen LogP contribution >= 0.6 is 0 Å². The lowest BCUT2D eigenvalue weighted by Crippen LogP contribution is -2.54. The largest absolute Gasteiger partial charge is 0.394 e. The first kappa shape index (κ1) is 12.9. The van der Waals surface area contributed by atoms with E-state index < -0.39 is 0 Å². The zero-order chi connectivity index (χ0) is 11.3. The van der Waals surface area contributed by atoms with Crippen molar-refractivity contribution in [1.82, 2.24) is 10.2 Å². The standard InChI is InChI=1S/C12H26N2O/c1-4-11-6-5-7-14(8-11)9-12(2,10-15)13-3/h11,13,15H,4-10H2,1-3H3. The average molecular weight is 214 g/mol. The van der Waals surface area contributed by atoms with Gasteiger partial charge < -0.3 is 15.3 Å². The number of nitrogens with zero attached hydrogens (tertiary/aromatic N) is 1. The van der Waals surface area contributed by atoms with Gasteiger partial charge in [-0.2, -0.15) is 0 Å². The van der Waals surface area contributed by atoms with Gasteiger partial charge in [0.15, 0.2) is 0 Å². The fraction of sp³-hybridized carbons (Fsp3) is 1.00. The number of aliphatic hydroxyl groups excluding tert-OH is 1. The first-order valence-electron chi connectivity index (χ1n) is 6.15. The number of hydrogen-bond donors (Lipinski definition) is 2. The van der Waals surface area contributed by atoms with Crippen molar-refractivity contribution >= 4 is 0 Å². The number of rotatable bonds is 5. The number of aliphatic hydroxyl groups is 1. The van der Waals surface area contributed by atoms with E-state index in [1.165, 1.54) is 32.4 Å². The van der Waals surface area contributed by atoms with Crippen molar-refractivity contribution in [3.05, 3.63) is 0 Å². The molecule has 1 aliphatic rings. The van der Waals surface area contributed by atoms with Crippen LogP contribution in [0.2, 0.25) is 0 Å². The summed E-state index contributed by atoms with van der Waals surface area (Å²) < 4.78 is 0. The molecule has 1 fully saturated rings. The minimum Gasteiger partial charge on any atom is -0.394 e. The van der Waals surface area contributed by atoms with E-state index in [1.807, 2.05) is 7.05 Å². The average Bonchev–Trinajstić information content (AvgIpc) is 2.29. The van der Waals surface area contributed by atoms with Gasteiger partial charge in [-0.3, -0.25) is 0 Å². The highest BCUT2D eigenvalue weighted by Crippen LogP contribution is 2.20. The van der Waals surface area contributed by atoms with Gasteiger partial charge >= 0.3 is 0 Å². The van der Waals surface area contributed by atoms with Crippen LogP contribution in [-0.2, 0) is 0 Å². The van der Waals surface area contributed by atoms with Gasteiger partial charge in [0.1, 0.15) is 0 Å². The molecule has 0 saturated carbocycles.